The number of ether oxygens (including phenoxy) is 2. The molecule has 136 valence electrons. The second kappa shape index (κ2) is 8.49. The summed E-state index contributed by atoms with van der Waals surface area (Å²) in [5, 5.41) is 0. The molecule has 1 aliphatic heterocycles. The molecule has 24 heavy (non-hydrogen) atoms. The minimum absolute atomic E-state index is 0.0165. The molecule has 2 aliphatic rings. The van der Waals surface area contributed by atoms with Crippen LogP contribution in [0.3, 0.4) is 0 Å². The van der Waals surface area contributed by atoms with Gasteiger partial charge in [-0.3, -0.25) is 0 Å². The van der Waals surface area contributed by atoms with Crippen molar-refractivity contribution < 1.29 is 9.47 Å². The average Bonchev–Trinajstić information content (AvgIpc) is 3.16. The van der Waals surface area contributed by atoms with Gasteiger partial charge in [-0.1, -0.05) is 35.5 Å². The van der Waals surface area contributed by atoms with Crippen LogP contribution in [-0.2, 0) is 9.47 Å². The molecule has 2 heteroatoms. The number of hydrogen-bond acceptors (Lipinski definition) is 2. The summed E-state index contributed by atoms with van der Waals surface area (Å²) < 4.78 is 11.8. The lowest BCUT2D eigenvalue weighted by Gasteiger charge is -2.27. The van der Waals surface area contributed by atoms with Crippen molar-refractivity contribution >= 4 is 0 Å². The first-order valence-corrected chi connectivity index (χ1v) is 9.51. The second-order valence-corrected chi connectivity index (χ2v) is 8.14. The molecule has 0 saturated carbocycles. The van der Waals surface area contributed by atoms with Crippen LogP contribution in [0.5, 0.6) is 0 Å². The largest absolute Gasteiger partial charge is 0.384 e. The normalized spacial score (nSPS) is 39.6. The smallest absolute Gasteiger partial charge is 0.0927 e. The van der Waals surface area contributed by atoms with Crippen LogP contribution < -0.4 is 0 Å². The standard InChI is InChI=1S/C22H36O2/c1-16(2)19-13-12-18(4)10-7-9-17(3)11-8-14-22(5)21(24-22)20(19)15-23-6/h10-11,19-21H,1,7-9,12-15H2,2-6H3/b17-11+,18-10+/t19?,20-,21-,22-/m1/s1. The van der Waals surface area contributed by atoms with E-state index in [1.165, 1.54) is 23.1 Å². The zero-order valence-electron chi connectivity index (χ0n) is 16.4. The van der Waals surface area contributed by atoms with E-state index in [0.29, 0.717) is 17.9 Å². The Balaban J connectivity index is 2.20. The third-order valence-corrected chi connectivity index (χ3v) is 5.85. The molecule has 1 fully saturated rings. The summed E-state index contributed by atoms with van der Waals surface area (Å²) in [4.78, 5) is 0. The molecule has 1 aliphatic carbocycles. The van der Waals surface area contributed by atoms with Gasteiger partial charge in [0.05, 0.1) is 18.3 Å². The Labute approximate surface area is 149 Å². The van der Waals surface area contributed by atoms with Crippen molar-refractivity contribution in [3.05, 3.63) is 35.5 Å². The maximum atomic E-state index is 6.22. The van der Waals surface area contributed by atoms with E-state index >= 15 is 0 Å². The Morgan fingerprint density at radius 2 is 1.92 bits per heavy atom. The first kappa shape index (κ1) is 19.5. The van der Waals surface area contributed by atoms with Crippen molar-refractivity contribution in [1.29, 1.82) is 0 Å². The fourth-order valence-electron chi connectivity index (χ4n) is 4.17. The molecular formula is C22H36O2. The van der Waals surface area contributed by atoms with Gasteiger partial charge in [-0.25, -0.2) is 0 Å². The molecule has 0 radical (unpaired) electrons. The molecule has 0 bridgehead atoms. The van der Waals surface area contributed by atoms with Crippen LogP contribution in [0.15, 0.2) is 35.5 Å². The number of methoxy groups -OCH3 is 1. The quantitative estimate of drug-likeness (QED) is 0.478. The maximum Gasteiger partial charge on any atom is 0.0927 e. The average molecular weight is 333 g/mol. The van der Waals surface area contributed by atoms with Gasteiger partial charge >= 0.3 is 0 Å². The first-order valence-electron chi connectivity index (χ1n) is 9.51. The predicted octanol–water partition coefficient (Wildman–Crippen LogP) is 5.85. The zero-order valence-corrected chi connectivity index (χ0v) is 16.4. The highest BCUT2D eigenvalue weighted by Crippen LogP contribution is 2.49. The lowest BCUT2D eigenvalue weighted by molar-refractivity contribution is 0.106. The fourth-order valence-corrected chi connectivity index (χ4v) is 4.17. The van der Waals surface area contributed by atoms with Gasteiger partial charge in [-0.05, 0) is 72.1 Å². The molecule has 0 amide bonds. The van der Waals surface area contributed by atoms with Crippen LogP contribution >= 0.6 is 0 Å². The van der Waals surface area contributed by atoms with Crippen molar-refractivity contribution in [3.63, 3.8) is 0 Å². The lowest BCUT2D eigenvalue weighted by atomic mass is 9.78. The Kier molecular flexibility index (Phi) is 6.88. The van der Waals surface area contributed by atoms with Crippen LogP contribution in [0.2, 0.25) is 0 Å². The Bertz CT molecular complexity index is 502. The van der Waals surface area contributed by atoms with E-state index in [2.05, 4.69) is 46.4 Å². The van der Waals surface area contributed by atoms with Gasteiger partial charge in [-0.2, -0.15) is 0 Å². The van der Waals surface area contributed by atoms with Gasteiger partial charge in [0.2, 0.25) is 0 Å². The molecule has 0 aromatic carbocycles. The van der Waals surface area contributed by atoms with Gasteiger partial charge in [0.1, 0.15) is 0 Å². The van der Waals surface area contributed by atoms with Crippen LogP contribution in [0.25, 0.3) is 0 Å². The van der Waals surface area contributed by atoms with E-state index in [1.807, 2.05) is 0 Å². The van der Waals surface area contributed by atoms with Crippen LogP contribution in [0, 0.1) is 11.8 Å². The number of epoxide rings is 1. The molecule has 1 unspecified atom stereocenters. The number of hydrogen-bond donors (Lipinski definition) is 0. The highest BCUT2D eigenvalue weighted by atomic mass is 16.6. The molecular weight excluding hydrogens is 296 g/mol. The Morgan fingerprint density at radius 1 is 1.25 bits per heavy atom. The van der Waals surface area contributed by atoms with Crippen LogP contribution in [0.1, 0.15) is 66.2 Å². The summed E-state index contributed by atoms with van der Waals surface area (Å²) in [6, 6.07) is 0. The summed E-state index contributed by atoms with van der Waals surface area (Å²) in [7, 11) is 1.80. The third-order valence-electron chi connectivity index (χ3n) is 5.85. The second-order valence-electron chi connectivity index (χ2n) is 8.14. The SMILES string of the molecule is C=C(C)C1CC/C(C)=C/CC/C(C)=C/CC[C@@]2(C)O[C@@H]2[C@@H]1COC. The van der Waals surface area contributed by atoms with Crippen molar-refractivity contribution in [1.82, 2.24) is 0 Å². The predicted molar refractivity (Wildman–Crippen MR) is 102 cm³/mol. The van der Waals surface area contributed by atoms with Crippen LogP contribution in [-0.4, -0.2) is 25.4 Å². The highest BCUT2D eigenvalue weighted by molar-refractivity contribution is 5.13. The molecule has 4 atom stereocenters. The van der Waals surface area contributed by atoms with Gasteiger partial charge < -0.3 is 9.47 Å². The summed E-state index contributed by atoms with van der Waals surface area (Å²) in [5.41, 5.74) is 4.29. The molecule has 0 spiro atoms. The van der Waals surface area contributed by atoms with Crippen molar-refractivity contribution in [2.24, 2.45) is 11.8 Å². The molecule has 2 nitrogen and oxygen atoms in total. The van der Waals surface area contributed by atoms with Gasteiger partial charge in [0.15, 0.2) is 0 Å². The van der Waals surface area contributed by atoms with Gasteiger partial charge in [-0.15, -0.1) is 0 Å². The summed E-state index contributed by atoms with van der Waals surface area (Å²) in [6.45, 7) is 14.0. The lowest BCUT2D eigenvalue weighted by Crippen LogP contribution is -2.29. The fraction of sp³-hybridized carbons (Fsp3) is 0.727. The summed E-state index contributed by atoms with van der Waals surface area (Å²) >= 11 is 0. The Morgan fingerprint density at radius 3 is 2.58 bits per heavy atom. The third kappa shape index (κ3) is 5.07. The van der Waals surface area contributed by atoms with Crippen molar-refractivity contribution in [2.45, 2.75) is 77.9 Å². The minimum Gasteiger partial charge on any atom is -0.384 e. The summed E-state index contributed by atoms with van der Waals surface area (Å²) in [6.07, 6.45) is 12.0. The molecule has 0 N–H and O–H groups in total. The Hall–Kier alpha value is -0.860. The number of rotatable bonds is 3. The highest BCUT2D eigenvalue weighted by Gasteiger charge is 2.56. The van der Waals surface area contributed by atoms with E-state index in [0.717, 1.165) is 38.7 Å². The summed E-state index contributed by atoms with van der Waals surface area (Å²) in [5.74, 6) is 0.888. The van der Waals surface area contributed by atoms with E-state index in [-0.39, 0.29) is 5.60 Å². The molecule has 1 saturated heterocycles. The van der Waals surface area contributed by atoms with Crippen molar-refractivity contribution in [2.75, 3.05) is 13.7 Å². The zero-order chi connectivity index (χ0) is 17.7. The van der Waals surface area contributed by atoms with E-state index in [1.54, 1.807) is 7.11 Å². The van der Waals surface area contributed by atoms with E-state index in [9.17, 15) is 0 Å². The maximum absolute atomic E-state index is 6.22. The van der Waals surface area contributed by atoms with Crippen LogP contribution in [0.4, 0.5) is 0 Å². The van der Waals surface area contributed by atoms with E-state index < -0.39 is 0 Å². The number of fused-ring (bicyclic) bond motifs is 1. The molecule has 1 heterocycles. The van der Waals surface area contributed by atoms with E-state index in [4.69, 9.17) is 9.47 Å². The minimum atomic E-state index is 0.0165. The molecule has 2 rings (SSSR count). The van der Waals surface area contributed by atoms with Gasteiger partial charge in [0.25, 0.3) is 0 Å². The first-order chi connectivity index (χ1) is 11.4. The van der Waals surface area contributed by atoms with Crippen molar-refractivity contribution in [3.8, 4) is 0 Å². The molecule has 0 aromatic heterocycles. The van der Waals surface area contributed by atoms with Gasteiger partial charge in [0, 0.05) is 13.0 Å². The molecule has 0 aromatic rings. The number of allylic oxidation sites excluding steroid dienone is 5. The topological polar surface area (TPSA) is 21.8 Å². The monoisotopic (exact) mass is 332 g/mol.